The highest BCUT2D eigenvalue weighted by Crippen LogP contribution is 2.20. The number of nitro groups is 1. The van der Waals surface area contributed by atoms with Gasteiger partial charge in [0.1, 0.15) is 5.75 Å². The van der Waals surface area contributed by atoms with E-state index in [4.69, 9.17) is 4.74 Å². The van der Waals surface area contributed by atoms with Gasteiger partial charge in [0.25, 0.3) is 5.69 Å². The van der Waals surface area contributed by atoms with E-state index in [-0.39, 0.29) is 11.7 Å². The van der Waals surface area contributed by atoms with Crippen molar-refractivity contribution in [3.05, 3.63) is 58.6 Å². The van der Waals surface area contributed by atoms with Crippen molar-refractivity contribution in [2.75, 3.05) is 56.6 Å². The fourth-order valence-corrected chi connectivity index (χ4v) is 3.22. The maximum atomic E-state index is 12.0. The SMILES string of the molecule is COc1ccc(N2CCN(CCNC(=O)Nc3cccc([N+](=O)[O-])c3)CC2)cc1. The smallest absolute Gasteiger partial charge is 0.319 e. The van der Waals surface area contributed by atoms with E-state index in [9.17, 15) is 14.9 Å². The van der Waals surface area contributed by atoms with Gasteiger partial charge in [0, 0.05) is 62.8 Å². The van der Waals surface area contributed by atoms with Crippen LogP contribution in [0.15, 0.2) is 48.5 Å². The number of benzene rings is 2. The van der Waals surface area contributed by atoms with Crippen molar-refractivity contribution in [1.82, 2.24) is 10.2 Å². The summed E-state index contributed by atoms with van der Waals surface area (Å²) in [4.78, 5) is 26.9. The Balaban J connectivity index is 1.37. The van der Waals surface area contributed by atoms with E-state index in [2.05, 4.69) is 32.6 Å². The summed E-state index contributed by atoms with van der Waals surface area (Å²) in [6, 6.07) is 13.6. The largest absolute Gasteiger partial charge is 0.497 e. The van der Waals surface area contributed by atoms with Gasteiger partial charge >= 0.3 is 6.03 Å². The molecule has 0 aliphatic carbocycles. The second kappa shape index (κ2) is 9.74. The van der Waals surface area contributed by atoms with E-state index < -0.39 is 4.92 Å². The van der Waals surface area contributed by atoms with Gasteiger partial charge in [0.05, 0.1) is 12.0 Å². The number of hydrogen-bond donors (Lipinski definition) is 2. The van der Waals surface area contributed by atoms with Crippen LogP contribution >= 0.6 is 0 Å². The van der Waals surface area contributed by atoms with E-state index in [0.717, 1.165) is 38.5 Å². The number of anilines is 2. The highest BCUT2D eigenvalue weighted by atomic mass is 16.6. The highest BCUT2D eigenvalue weighted by Gasteiger charge is 2.17. The van der Waals surface area contributed by atoms with Crippen molar-refractivity contribution in [3.63, 3.8) is 0 Å². The van der Waals surface area contributed by atoms with Crippen LogP contribution in [-0.2, 0) is 0 Å². The van der Waals surface area contributed by atoms with Crippen molar-refractivity contribution in [3.8, 4) is 5.75 Å². The molecule has 2 aromatic carbocycles. The van der Waals surface area contributed by atoms with Crippen LogP contribution < -0.4 is 20.3 Å². The van der Waals surface area contributed by atoms with Gasteiger partial charge in [-0.1, -0.05) is 6.07 Å². The molecule has 2 aromatic rings. The van der Waals surface area contributed by atoms with Gasteiger partial charge in [-0.05, 0) is 30.3 Å². The highest BCUT2D eigenvalue weighted by molar-refractivity contribution is 5.89. The molecule has 9 heteroatoms. The minimum atomic E-state index is -0.491. The molecule has 0 bridgehead atoms. The number of non-ortho nitro benzene ring substituents is 1. The Morgan fingerprint density at radius 3 is 2.52 bits per heavy atom. The van der Waals surface area contributed by atoms with Gasteiger partial charge in [-0.15, -0.1) is 0 Å². The third kappa shape index (κ3) is 5.82. The second-order valence-electron chi connectivity index (χ2n) is 6.72. The van der Waals surface area contributed by atoms with Crippen molar-refractivity contribution in [1.29, 1.82) is 0 Å². The molecule has 3 rings (SSSR count). The lowest BCUT2D eigenvalue weighted by Gasteiger charge is -2.36. The molecule has 0 atom stereocenters. The van der Waals surface area contributed by atoms with Crippen LogP contribution in [-0.4, -0.2) is 62.2 Å². The summed E-state index contributed by atoms with van der Waals surface area (Å²) in [6.07, 6.45) is 0. The Bertz CT molecular complexity index is 835. The second-order valence-corrected chi connectivity index (χ2v) is 6.72. The Morgan fingerprint density at radius 2 is 1.86 bits per heavy atom. The Hall–Kier alpha value is -3.33. The number of nitrogens with one attached hydrogen (secondary N) is 2. The minimum absolute atomic E-state index is 0.0578. The fourth-order valence-electron chi connectivity index (χ4n) is 3.22. The number of hydrogen-bond acceptors (Lipinski definition) is 6. The average Bonchev–Trinajstić information content (AvgIpc) is 2.74. The number of nitrogens with zero attached hydrogens (tertiary/aromatic N) is 3. The van der Waals surface area contributed by atoms with Gasteiger partial charge in [0.15, 0.2) is 0 Å². The molecule has 2 amide bonds. The Morgan fingerprint density at radius 1 is 1.14 bits per heavy atom. The standard InChI is InChI=1S/C20H25N5O4/c1-29-19-7-5-17(6-8-19)24-13-11-23(12-14-24)10-9-21-20(26)22-16-3-2-4-18(15-16)25(27)28/h2-8,15H,9-14H2,1H3,(H2,21,22,26). The zero-order valence-corrected chi connectivity index (χ0v) is 16.3. The normalized spacial score (nSPS) is 14.3. The zero-order chi connectivity index (χ0) is 20.6. The van der Waals surface area contributed by atoms with Crippen molar-refractivity contribution >= 4 is 23.1 Å². The number of ether oxygens (including phenoxy) is 1. The van der Waals surface area contributed by atoms with Crippen LogP contribution in [0.5, 0.6) is 5.75 Å². The monoisotopic (exact) mass is 399 g/mol. The van der Waals surface area contributed by atoms with Crippen molar-refractivity contribution < 1.29 is 14.5 Å². The maximum absolute atomic E-state index is 12.0. The molecule has 1 aliphatic rings. The summed E-state index contributed by atoms with van der Waals surface area (Å²) in [6.45, 7) is 4.93. The first-order valence-corrected chi connectivity index (χ1v) is 9.46. The van der Waals surface area contributed by atoms with Gasteiger partial charge in [0.2, 0.25) is 0 Å². The molecule has 154 valence electrons. The average molecular weight is 399 g/mol. The Kier molecular flexibility index (Phi) is 6.85. The zero-order valence-electron chi connectivity index (χ0n) is 16.3. The van der Waals surface area contributed by atoms with Crippen LogP contribution in [0.3, 0.4) is 0 Å². The molecule has 9 nitrogen and oxygen atoms in total. The van der Waals surface area contributed by atoms with E-state index in [1.807, 2.05) is 12.1 Å². The van der Waals surface area contributed by atoms with Crippen LogP contribution in [0.25, 0.3) is 0 Å². The van der Waals surface area contributed by atoms with E-state index >= 15 is 0 Å². The molecule has 1 aliphatic heterocycles. The lowest BCUT2D eigenvalue weighted by molar-refractivity contribution is -0.384. The third-order valence-electron chi connectivity index (χ3n) is 4.84. The van der Waals surface area contributed by atoms with E-state index in [0.29, 0.717) is 12.2 Å². The molecular formula is C20H25N5O4. The fraction of sp³-hybridized carbons (Fsp3) is 0.350. The van der Waals surface area contributed by atoms with E-state index in [1.54, 1.807) is 13.2 Å². The lowest BCUT2D eigenvalue weighted by Crippen LogP contribution is -2.48. The first-order valence-electron chi connectivity index (χ1n) is 9.46. The lowest BCUT2D eigenvalue weighted by atomic mass is 10.2. The topological polar surface area (TPSA) is 100.0 Å². The maximum Gasteiger partial charge on any atom is 0.319 e. The molecule has 29 heavy (non-hydrogen) atoms. The predicted octanol–water partition coefficient (Wildman–Crippen LogP) is 2.55. The number of nitro benzene ring substituents is 1. The van der Waals surface area contributed by atoms with Crippen LogP contribution in [0.4, 0.5) is 21.9 Å². The minimum Gasteiger partial charge on any atom is -0.497 e. The summed E-state index contributed by atoms with van der Waals surface area (Å²) < 4.78 is 5.19. The molecule has 0 unspecified atom stereocenters. The summed E-state index contributed by atoms with van der Waals surface area (Å²) >= 11 is 0. The quantitative estimate of drug-likeness (QED) is 0.548. The van der Waals surface area contributed by atoms with Crippen molar-refractivity contribution in [2.24, 2.45) is 0 Å². The van der Waals surface area contributed by atoms with Crippen molar-refractivity contribution in [2.45, 2.75) is 0 Å². The van der Waals surface area contributed by atoms with E-state index in [1.165, 1.54) is 23.9 Å². The van der Waals surface area contributed by atoms with Crippen LogP contribution in [0.1, 0.15) is 0 Å². The molecule has 0 radical (unpaired) electrons. The molecule has 1 saturated heterocycles. The van der Waals surface area contributed by atoms with Gasteiger partial charge in [-0.3, -0.25) is 15.0 Å². The summed E-state index contributed by atoms with van der Waals surface area (Å²) in [5, 5.41) is 16.2. The molecular weight excluding hydrogens is 374 g/mol. The van der Waals surface area contributed by atoms with Crippen LogP contribution in [0, 0.1) is 10.1 Å². The predicted molar refractivity (Wildman–Crippen MR) is 112 cm³/mol. The van der Waals surface area contributed by atoms with Gasteiger partial charge in [-0.2, -0.15) is 0 Å². The number of rotatable bonds is 7. The molecule has 0 saturated carbocycles. The number of carbonyl (C=O) groups is 1. The number of urea groups is 1. The number of piperazine rings is 1. The molecule has 1 fully saturated rings. The van der Waals surface area contributed by atoms with Gasteiger partial charge < -0.3 is 20.3 Å². The summed E-state index contributed by atoms with van der Waals surface area (Å²) in [5.41, 5.74) is 1.52. The molecule has 0 aromatic heterocycles. The summed E-state index contributed by atoms with van der Waals surface area (Å²) in [5.74, 6) is 0.849. The Labute approximate surface area is 169 Å². The summed E-state index contributed by atoms with van der Waals surface area (Å²) in [7, 11) is 1.66. The number of methoxy groups -OCH3 is 1. The van der Waals surface area contributed by atoms with Gasteiger partial charge in [-0.25, -0.2) is 4.79 Å². The molecule has 1 heterocycles. The van der Waals surface area contributed by atoms with Crippen LogP contribution in [0.2, 0.25) is 0 Å². The molecule has 2 N–H and O–H groups in total. The third-order valence-corrected chi connectivity index (χ3v) is 4.84. The number of carbonyl (C=O) groups excluding carboxylic acids is 1. The first kappa shape index (κ1) is 20.4. The first-order chi connectivity index (χ1) is 14.0. The molecule has 0 spiro atoms. The number of amides is 2.